The van der Waals surface area contributed by atoms with Crippen molar-refractivity contribution in [3.8, 4) is 17.2 Å². The Morgan fingerprint density at radius 2 is 1.74 bits per heavy atom. The highest BCUT2D eigenvalue weighted by molar-refractivity contribution is 5.94. The Bertz CT molecular complexity index is 935. The van der Waals surface area contributed by atoms with E-state index in [-0.39, 0.29) is 11.8 Å². The van der Waals surface area contributed by atoms with Crippen LogP contribution in [0.2, 0.25) is 0 Å². The lowest BCUT2D eigenvalue weighted by atomic mass is 9.94. The molecule has 4 rings (SSSR count). The van der Waals surface area contributed by atoms with Crippen LogP contribution in [0, 0.1) is 0 Å². The fraction of sp³-hybridized carbons (Fsp3) is 0.417. The third-order valence-electron chi connectivity index (χ3n) is 5.65. The Balaban J connectivity index is 1.21. The summed E-state index contributed by atoms with van der Waals surface area (Å²) in [5, 5.41) is 5.72. The van der Waals surface area contributed by atoms with E-state index in [1.54, 1.807) is 31.4 Å². The van der Waals surface area contributed by atoms with E-state index in [9.17, 15) is 9.59 Å². The van der Waals surface area contributed by atoms with Crippen LogP contribution < -0.4 is 24.8 Å². The van der Waals surface area contributed by atoms with Crippen LogP contribution in [0.15, 0.2) is 42.5 Å². The number of methoxy groups -OCH3 is 1. The zero-order chi connectivity index (χ0) is 21.7. The maximum Gasteiger partial charge on any atom is 0.251 e. The summed E-state index contributed by atoms with van der Waals surface area (Å²) in [6, 6.07) is 12.4. The average molecular weight is 424 g/mol. The normalized spacial score (nSPS) is 16.0. The van der Waals surface area contributed by atoms with Crippen LogP contribution in [0.4, 0.5) is 5.69 Å². The smallest absolute Gasteiger partial charge is 0.251 e. The van der Waals surface area contributed by atoms with E-state index >= 15 is 0 Å². The van der Waals surface area contributed by atoms with Gasteiger partial charge in [-0.3, -0.25) is 9.59 Å². The Morgan fingerprint density at radius 3 is 2.48 bits per heavy atom. The van der Waals surface area contributed by atoms with Gasteiger partial charge >= 0.3 is 0 Å². The molecular weight excluding hydrogens is 396 g/mol. The van der Waals surface area contributed by atoms with Gasteiger partial charge in [0.15, 0.2) is 11.5 Å². The van der Waals surface area contributed by atoms with Crippen LogP contribution in [-0.2, 0) is 4.79 Å². The van der Waals surface area contributed by atoms with Crippen LogP contribution in [0.1, 0.15) is 55.3 Å². The molecule has 0 atom stereocenters. The quantitative estimate of drug-likeness (QED) is 0.648. The van der Waals surface area contributed by atoms with E-state index in [1.807, 2.05) is 18.2 Å². The molecule has 0 unspecified atom stereocenters. The minimum atomic E-state index is -0.523. The van der Waals surface area contributed by atoms with Crippen molar-refractivity contribution in [3.05, 3.63) is 48.0 Å². The second-order valence-corrected chi connectivity index (χ2v) is 7.97. The second-order valence-electron chi connectivity index (χ2n) is 7.97. The number of amides is 2. The first-order valence-electron chi connectivity index (χ1n) is 10.8. The fourth-order valence-corrected chi connectivity index (χ4v) is 3.98. The molecule has 1 aliphatic heterocycles. The number of hydrogen-bond donors (Lipinski definition) is 2. The molecule has 0 aromatic heterocycles. The largest absolute Gasteiger partial charge is 0.497 e. The monoisotopic (exact) mass is 424 g/mol. The molecule has 1 fully saturated rings. The summed E-state index contributed by atoms with van der Waals surface area (Å²) in [5.74, 6) is 1.32. The van der Waals surface area contributed by atoms with Crippen molar-refractivity contribution >= 4 is 17.5 Å². The third-order valence-corrected chi connectivity index (χ3v) is 5.65. The van der Waals surface area contributed by atoms with Crippen molar-refractivity contribution in [2.24, 2.45) is 0 Å². The van der Waals surface area contributed by atoms with Crippen molar-refractivity contribution in [1.82, 2.24) is 5.32 Å². The van der Waals surface area contributed by atoms with Gasteiger partial charge in [-0.05, 0) is 55.7 Å². The molecule has 0 bridgehead atoms. The maximum absolute atomic E-state index is 12.3. The van der Waals surface area contributed by atoms with Gasteiger partial charge in [0.1, 0.15) is 5.75 Å². The third kappa shape index (κ3) is 5.10. The summed E-state index contributed by atoms with van der Waals surface area (Å²) in [4.78, 5) is 24.4. The van der Waals surface area contributed by atoms with Crippen LogP contribution in [0.5, 0.6) is 17.2 Å². The zero-order valence-electron chi connectivity index (χ0n) is 17.7. The van der Waals surface area contributed by atoms with Gasteiger partial charge in [0, 0.05) is 43.1 Å². The Hall–Kier alpha value is -3.22. The average Bonchev–Trinajstić information content (AvgIpc) is 3.13. The van der Waals surface area contributed by atoms with Crippen LogP contribution >= 0.6 is 0 Å². The minimum absolute atomic E-state index is 0.107. The first kappa shape index (κ1) is 21.0. The van der Waals surface area contributed by atoms with Gasteiger partial charge in [-0.25, -0.2) is 0 Å². The van der Waals surface area contributed by atoms with Gasteiger partial charge in [0.25, 0.3) is 11.7 Å². The lowest BCUT2D eigenvalue weighted by molar-refractivity contribution is -0.116. The molecular formula is C24H28N2O5. The van der Waals surface area contributed by atoms with Crippen molar-refractivity contribution in [3.63, 3.8) is 0 Å². The van der Waals surface area contributed by atoms with Gasteiger partial charge in [0.05, 0.1) is 7.11 Å². The molecule has 1 heterocycles. The molecule has 2 amide bonds. The molecule has 31 heavy (non-hydrogen) atoms. The van der Waals surface area contributed by atoms with Gasteiger partial charge in [-0.2, -0.15) is 0 Å². The van der Waals surface area contributed by atoms with Gasteiger partial charge < -0.3 is 24.8 Å². The van der Waals surface area contributed by atoms with E-state index < -0.39 is 5.79 Å². The predicted octanol–water partition coefficient (Wildman–Crippen LogP) is 4.28. The number of rotatable bonds is 7. The minimum Gasteiger partial charge on any atom is -0.497 e. The molecule has 2 N–H and O–H groups in total. The summed E-state index contributed by atoms with van der Waals surface area (Å²) < 4.78 is 17.3. The van der Waals surface area contributed by atoms with E-state index in [0.717, 1.165) is 31.4 Å². The Labute approximate surface area is 182 Å². The summed E-state index contributed by atoms with van der Waals surface area (Å²) in [7, 11) is 1.58. The number of benzene rings is 2. The van der Waals surface area contributed by atoms with E-state index in [1.165, 1.54) is 6.42 Å². The Kier molecular flexibility index (Phi) is 6.30. The van der Waals surface area contributed by atoms with Gasteiger partial charge in [-0.1, -0.05) is 6.42 Å². The van der Waals surface area contributed by atoms with Crippen molar-refractivity contribution in [2.75, 3.05) is 19.0 Å². The summed E-state index contributed by atoms with van der Waals surface area (Å²) in [6.07, 6.45) is 6.06. The maximum atomic E-state index is 12.3. The predicted molar refractivity (Wildman–Crippen MR) is 117 cm³/mol. The van der Waals surface area contributed by atoms with Crippen molar-refractivity contribution < 1.29 is 23.8 Å². The Morgan fingerprint density at radius 1 is 1.00 bits per heavy atom. The SMILES string of the molecule is COc1ccc(C(=O)NCCCC(=O)Nc2ccc3c(c2)OC2(CCCCC2)O3)cc1. The van der Waals surface area contributed by atoms with E-state index in [2.05, 4.69) is 10.6 Å². The number of nitrogens with one attached hydrogen (secondary N) is 2. The number of fused-ring (bicyclic) bond motifs is 1. The van der Waals surface area contributed by atoms with Gasteiger partial charge in [-0.15, -0.1) is 0 Å². The highest BCUT2D eigenvalue weighted by atomic mass is 16.7. The lowest BCUT2D eigenvalue weighted by Crippen LogP contribution is -2.40. The summed E-state index contributed by atoms with van der Waals surface area (Å²) >= 11 is 0. The molecule has 7 nitrogen and oxygen atoms in total. The lowest BCUT2D eigenvalue weighted by Gasteiger charge is -2.31. The van der Waals surface area contributed by atoms with Crippen molar-refractivity contribution in [1.29, 1.82) is 0 Å². The first-order valence-corrected chi connectivity index (χ1v) is 10.8. The number of carbonyl (C=O) groups excluding carboxylic acids is 2. The highest BCUT2D eigenvalue weighted by Crippen LogP contribution is 2.46. The zero-order valence-corrected chi connectivity index (χ0v) is 17.7. The molecule has 1 aliphatic carbocycles. The summed E-state index contributed by atoms with van der Waals surface area (Å²) in [6.45, 7) is 0.419. The van der Waals surface area contributed by atoms with Crippen molar-refractivity contribution in [2.45, 2.75) is 50.7 Å². The van der Waals surface area contributed by atoms with Crippen LogP contribution in [-0.4, -0.2) is 31.3 Å². The molecule has 1 spiro atoms. The topological polar surface area (TPSA) is 85.9 Å². The number of carbonyl (C=O) groups is 2. The first-order chi connectivity index (χ1) is 15.1. The molecule has 2 aliphatic rings. The van der Waals surface area contributed by atoms with E-state index in [4.69, 9.17) is 14.2 Å². The molecule has 2 aromatic rings. The number of anilines is 1. The molecule has 0 saturated heterocycles. The molecule has 2 aromatic carbocycles. The number of hydrogen-bond acceptors (Lipinski definition) is 5. The van der Waals surface area contributed by atoms with Gasteiger partial charge in [0.2, 0.25) is 5.91 Å². The molecule has 1 saturated carbocycles. The van der Waals surface area contributed by atoms with Crippen LogP contribution in [0.3, 0.4) is 0 Å². The summed E-state index contributed by atoms with van der Waals surface area (Å²) in [5.41, 5.74) is 1.24. The molecule has 164 valence electrons. The second kappa shape index (κ2) is 9.29. The highest BCUT2D eigenvalue weighted by Gasteiger charge is 2.42. The molecule has 0 radical (unpaired) electrons. The fourth-order valence-electron chi connectivity index (χ4n) is 3.98. The van der Waals surface area contributed by atoms with Crippen LogP contribution in [0.25, 0.3) is 0 Å². The number of ether oxygens (including phenoxy) is 3. The molecule has 7 heteroatoms. The standard InChI is InChI=1S/C24H28N2O5/c1-29-19-10-7-17(8-11-19)23(28)25-15-5-6-22(27)26-18-9-12-20-21(16-18)31-24(30-20)13-3-2-4-14-24/h7-12,16H,2-6,13-15H2,1H3,(H,25,28)(H,26,27). The van der Waals surface area contributed by atoms with E-state index in [0.29, 0.717) is 42.1 Å².